The molecule has 4 rings (SSSR count). The Kier molecular flexibility index (Phi) is 2.98. The Morgan fingerprint density at radius 3 is 2.00 bits per heavy atom. The molecule has 110 valence electrons. The largest absolute Gasteiger partial charge is 0.326 e. The van der Waals surface area contributed by atoms with Crippen molar-refractivity contribution in [2.24, 2.45) is 23.7 Å². The van der Waals surface area contributed by atoms with E-state index in [4.69, 9.17) is 0 Å². The van der Waals surface area contributed by atoms with Gasteiger partial charge in [0, 0.05) is 23.2 Å². The maximum absolute atomic E-state index is 12.2. The number of carbonyl (C=O) groups is 2. The van der Waals surface area contributed by atoms with Crippen LogP contribution in [0.3, 0.4) is 0 Å². The van der Waals surface area contributed by atoms with Crippen LogP contribution in [0.1, 0.15) is 32.1 Å². The number of rotatable bonds is 4. The summed E-state index contributed by atoms with van der Waals surface area (Å²) in [6.45, 7) is 0. The van der Waals surface area contributed by atoms with Gasteiger partial charge in [0.25, 0.3) is 0 Å². The van der Waals surface area contributed by atoms with Crippen LogP contribution >= 0.6 is 0 Å². The first-order valence-electron chi connectivity index (χ1n) is 7.91. The van der Waals surface area contributed by atoms with Crippen molar-refractivity contribution >= 4 is 23.2 Å². The third kappa shape index (κ3) is 2.80. The number of hydrogen-bond donors (Lipinski definition) is 2. The minimum Gasteiger partial charge on any atom is -0.326 e. The molecule has 1 aromatic rings. The van der Waals surface area contributed by atoms with Crippen LogP contribution < -0.4 is 10.6 Å². The predicted octanol–water partition coefficient (Wildman–Crippen LogP) is 3.02. The van der Waals surface area contributed by atoms with Crippen molar-refractivity contribution in [3.8, 4) is 0 Å². The van der Waals surface area contributed by atoms with Crippen molar-refractivity contribution in [1.29, 1.82) is 0 Å². The third-order valence-corrected chi connectivity index (χ3v) is 4.96. The van der Waals surface area contributed by atoms with E-state index in [1.807, 2.05) is 24.3 Å². The minimum absolute atomic E-state index is 0.0920. The molecule has 2 atom stereocenters. The maximum atomic E-state index is 12.2. The van der Waals surface area contributed by atoms with Gasteiger partial charge in [-0.2, -0.15) is 0 Å². The maximum Gasteiger partial charge on any atom is 0.227 e. The van der Waals surface area contributed by atoms with Crippen LogP contribution in [0.5, 0.6) is 0 Å². The molecule has 2 unspecified atom stereocenters. The molecule has 0 spiro atoms. The Bertz CT molecular complexity index is 584. The van der Waals surface area contributed by atoms with Crippen molar-refractivity contribution in [1.82, 2.24) is 0 Å². The molecular weight excluding hydrogens is 264 g/mol. The van der Waals surface area contributed by atoms with Crippen LogP contribution in [0.4, 0.5) is 11.4 Å². The van der Waals surface area contributed by atoms with Crippen LogP contribution in [-0.2, 0) is 9.59 Å². The van der Waals surface area contributed by atoms with E-state index in [-0.39, 0.29) is 23.7 Å². The monoisotopic (exact) mass is 284 g/mol. The van der Waals surface area contributed by atoms with Gasteiger partial charge in [0.2, 0.25) is 11.8 Å². The zero-order valence-electron chi connectivity index (χ0n) is 12.0. The summed E-state index contributed by atoms with van der Waals surface area (Å²) in [7, 11) is 0. The Hall–Kier alpha value is -1.84. The van der Waals surface area contributed by atoms with Gasteiger partial charge in [-0.25, -0.2) is 0 Å². The Morgan fingerprint density at radius 1 is 0.857 bits per heavy atom. The van der Waals surface area contributed by atoms with E-state index in [0.717, 1.165) is 48.9 Å². The minimum atomic E-state index is 0.0920. The van der Waals surface area contributed by atoms with Gasteiger partial charge in [-0.15, -0.1) is 0 Å². The van der Waals surface area contributed by atoms with E-state index in [2.05, 4.69) is 10.6 Å². The fourth-order valence-corrected chi connectivity index (χ4v) is 3.44. The SMILES string of the molecule is O=C(Nc1cccc(NC(=O)C2CC3CC3C2)c1)C1CC1. The number of nitrogens with one attached hydrogen (secondary N) is 2. The van der Waals surface area contributed by atoms with Gasteiger partial charge in [-0.1, -0.05) is 6.07 Å². The number of carbonyl (C=O) groups excluding carboxylic acids is 2. The molecule has 0 heterocycles. The van der Waals surface area contributed by atoms with Crippen molar-refractivity contribution in [2.75, 3.05) is 10.6 Å². The second-order valence-corrected chi connectivity index (χ2v) is 6.76. The molecule has 4 nitrogen and oxygen atoms in total. The summed E-state index contributed by atoms with van der Waals surface area (Å²) < 4.78 is 0. The summed E-state index contributed by atoms with van der Waals surface area (Å²) in [6, 6.07) is 7.44. The summed E-state index contributed by atoms with van der Waals surface area (Å²) in [6.07, 6.45) is 5.41. The van der Waals surface area contributed by atoms with E-state index in [0.29, 0.717) is 0 Å². The van der Waals surface area contributed by atoms with Crippen molar-refractivity contribution in [2.45, 2.75) is 32.1 Å². The standard InChI is InChI=1S/C17H20N2O2/c20-16(10-4-5-10)18-14-2-1-3-15(9-14)19-17(21)13-7-11-6-12(11)8-13/h1-3,9-13H,4-8H2,(H,18,20)(H,19,21). The lowest BCUT2D eigenvalue weighted by atomic mass is 10.0. The third-order valence-electron chi connectivity index (χ3n) is 4.96. The van der Waals surface area contributed by atoms with Gasteiger partial charge in [-0.3, -0.25) is 9.59 Å². The first kappa shape index (κ1) is 12.9. The lowest BCUT2D eigenvalue weighted by Crippen LogP contribution is -2.21. The predicted molar refractivity (Wildman–Crippen MR) is 80.7 cm³/mol. The van der Waals surface area contributed by atoms with Crippen LogP contribution in [0, 0.1) is 23.7 Å². The van der Waals surface area contributed by atoms with E-state index < -0.39 is 0 Å². The Balaban J connectivity index is 1.37. The highest BCUT2D eigenvalue weighted by Crippen LogP contribution is 2.54. The number of fused-ring (bicyclic) bond motifs is 1. The first-order chi connectivity index (χ1) is 10.2. The normalized spacial score (nSPS) is 29.6. The van der Waals surface area contributed by atoms with Gasteiger partial charge in [0.15, 0.2) is 0 Å². The smallest absolute Gasteiger partial charge is 0.227 e. The van der Waals surface area contributed by atoms with Gasteiger partial charge in [-0.05, 0) is 62.1 Å². The quantitative estimate of drug-likeness (QED) is 0.893. The van der Waals surface area contributed by atoms with E-state index in [1.54, 1.807) is 0 Å². The molecule has 2 N–H and O–H groups in total. The van der Waals surface area contributed by atoms with Gasteiger partial charge >= 0.3 is 0 Å². The van der Waals surface area contributed by atoms with Crippen LogP contribution in [0.2, 0.25) is 0 Å². The second kappa shape index (κ2) is 4.86. The fourth-order valence-electron chi connectivity index (χ4n) is 3.44. The van der Waals surface area contributed by atoms with Crippen LogP contribution in [0.15, 0.2) is 24.3 Å². The molecule has 1 aromatic carbocycles. The molecule has 0 aliphatic heterocycles. The van der Waals surface area contributed by atoms with Crippen molar-refractivity contribution in [3.63, 3.8) is 0 Å². The first-order valence-corrected chi connectivity index (χ1v) is 7.91. The average molecular weight is 284 g/mol. The molecule has 21 heavy (non-hydrogen) atoms. The lowest BCUT2D eigenvalue weighted by Gasteiger charge is -2.13. The number of hydrogen-bond acceptors (Lipinski definition) is 2. The topological polar surface area (TPSA) is 58.2 Å². The summed E-state index contributed by atoms with van der Waals surface area (Å²) in [5.41, 5.74) is 1.54. The molecule has 3 aliphatic carbocycles. The average Bonchev–Trinajstić information content (AvgIpc) is 3.38. The summed E-state index contributed by atoms with van der Waals surface area (Å²) in [4.78, 5) is 24.0. The number of benzene rings is 1. The highest BCUT2D eigenvalue weighted by molar-refractivity contribution is 5.96. The van der Waals surface area contributed by atoms with Crippen molar-refractivity contribution < 1.29 is 9.59 Å². The lowest BCUT2D eigenvalue weighted by molar-refractivity contribution is -0.120. The molecule has 0 aromatic heterocycles. The molecule has 2 amide bonds. The molecule has 0 saturated heterocycles. The van der Waals surface area contributed by atoms with Gasteiger partial charge in [0.1, 0.15) is 0 Å². The summed E-state index contributed by atoms with van der Waals surface area (Å²) in [5.74, 6) is 2.21. The van der Waals surface area contributed by atoms with E-state index >= 15 is 0 Å². The summed E-state index contributed by atoms with van der Waals surface area (Å²) >= 11 is 0. The van der Waals surface area contributed by atoms with Gasteiger partial charge < -0.3 is 10.6 Å². The summed E-state index contributed by atoms with van der Waals surface area (Å²) in [5, 5.41) is 5.90. The zero-order valence-corrected chi connectivity index (χ0v) is 12.0. The van der Waals surface area contributed by atoms with Crippen molar-refractivity contribution in [3.05, 3.63) is 24.3 Å². The molecule has 0 bridgehead atoms. The van der Waals surface area contributed by atoms with Crippen LogP contribution in [0.25, 0.3) is 0 Å². The Labute approximate surface area is 124 Å². The van der Waals surface area contributed by atoms with Gasteiger partial charge in [0.05, 0.1) is 0 Å². The molecule has 3 saturated carbocycles. The van der Waals surface area contributed by atoms with E-state index in [9.17, 15) is 9.59 Å². The molecule has 4 heteroatoms. The van der Waals surface area contributed by atoms with E-state index in [1.165, 1.54) is 6.42 Å². The Morgan fingerprint density at radius 2 is 1.43 bits per heavy atom. The molecular formula is C17H20N2O2. The van der Waals surface area contributed by atoms with Crippen LogP contribution in [-0.4, -0.2) is 11.8 Å². The second-order valence-electron chi connectivity index (χ2n) is 6.76. The number of amides is 2. The highest BCUT2D eigenvalue weighted by atomic mass is 16.2. The zero-order chi connectivity index (χ0) is 14.4. The molecule has 3 fully saturated rings. The number of anilines is 2. The highest BCUT2D eigenvalue weighted by Gasteiger charge is 2.47. The molecule has 0 radical (unpaired) electrons. The molecule has 3 aliphatic rings. The fraction of sp³-hybridized carbons (Fsp3) is 0.529.